The summed E-state index contributed by atoms with van der Waals surface area (Å²) < 4.78 is 0. The molecule has 0 unspecified atom stereocenters. The van der Waals surface area contributed by atoms with Crippen molar-refractivity contribution in [2.45, 2.75) is 51.2 Å². The van der Waals surface area contributed by atoms with Crippen LogP contribution in [0.25, 0.3) is 10.9 Å². The number of carbonyl (C=O) groups excluding carboxylic acids is 4. The lowest BCUT2D eigenvalue weighted by Gasteiger charge is -2.26. The Morgan fingerprint density at radius 1 is 1.18 bits per heavy atom. The van der Waals surface area contributed by atoms with Crippen molar-refractivity contribution in [2.24, 2.45) is 0 Å². The number of amides is 3. The standard InChI is InChI=1S/C24H28N6O4/c1-14(2)27-23(33)21(31)18(11-16-12-25-13-26-16)29-22(32)20-8-5-9-30(20)24(34)19-10-15-6-3-4-7-17(15)28-19/h3-4,6-7,10,12-14,18,20,28H,5,8-9,11H2,1-2H3,(H,25,26)(H,27,33)(H,29,32)/t18-,20-/m0/s1. The fourth-order valence-electron chi connectivity index (χ4n) is 4.21. The Hall–Kier alpha value is -3.95. The fourth-order valence-corrected chi connectivity index (χ4v) is 4.21. The maximum Gasteiger partial charge on any atom is 0.289 e. The summed E-state index contributed by atoms with van der Waals surface area (Å²) in [6.45, 7) is 3.93. The lowest BCUT2D eigenvalue weighted by atomic mass is 10.0. The van der Waals surface area contributed by atoms with Crippen LogP contribution in [-0.2, 0) is 20.8 Å². The highest BCUT2D eigenvalue weighted by molar-refractivity contribution is 6.38. The number of imidazole rings is 1. The smallest absolute Gasteiger partial charge is 0.289 e. The van der Waals surface area contributed by atoms with Crippen LogP contribution in [0.5, 0.6) is 0 Å². The van der Waals surface area contributed by atoms with Crippen LogP contribution in [0.4, 0.5) is 0 Å². The second-order valence-corrected chi connectivity index (χ2v) is 8.76. The molecule has 1 aliphatic heterocycles. The monoisotopic (exact) mass is 464 g/mol. The number of H-pyrrole nitrogens is 2. The molecule has 2 atom stereocenters. The van der Waals surface area contributed by atoms with Gasteiger partial charge < -0.3 is 25.5 Å². The quantitative estimate of drug-likeness (QED) is 0.372. The molecule has 3 aromatic rings. The third-order valence-corrected chi connectivity index (χ3v) is 5.83. The number of benzene rings is 1. The van der Waals surface area contributed by atoms with Crippen molar-refractivity contribution in [3.63, 3.8) is 0 Å². The lowest BCUT2D eigenvalue weighted by Crippen LogP contribution is -2.54. The molecule has 3 heterocycles. The number of hydrogen-bond donors (Lipinski definition) is 4. The van der Waals surface area contributed by atoms with Gasteiger partial charge in [0.1, 0.15) is 17.8 Å². The molecule has 10 heteroatoms. The van der Waals surface area contributed by atoms with Crippen LogP contribution < -0.4 is 10.6 Å². The summed E-state index contributed by atoms with van der Waals surface area (Å²) in [5, 5.41) is 6.19. The summed E-state index contributed by atoms with van der Waals surface area (Å²) in [6, 6.07) is 7.29. The van der Waals surface area contributed by atoms with Crippen LogP contribution in [-0.4, -0.2) is 68.0 Å². The van der Waals surface area contributed by atoms with E-state index in [4.69, 9.17) is 0 Å². The number of aromatic nitrogens is 3. The number of aromatic amines is 2. The molecule has 1 fully saturated rings. The van der Waals surface area contributed by atoms with E-state index in [-0.39, 0.29) is 18.4 Å². The number of rotatable bonds is 8. The number of hydrogen-bond acceptors (Lipinski definition) is 5. The highest BCUT2D eigenvalue weighted by Gasteiger charge is 2.37. The third kappa shape index (κ3) is 5.00. The largest absolute Gasteiger partial charge is 0.351 e. The summed E-state index contributed by atoms with van der Waals surface area (Å²) in [6.07, 6.45) is 4.22. The molecule has 0 spiro atoms. The van der Waals surface area contributed by atoms with E-state index < -0.39 is 29.7 Å². The van der Waals surface area contributed by atoms with Crippen LogP contribution >= 0.6 is 0 Å². The van der Waals surface area contributed by atoms with Crippen molar-refractivity contribution in [2.75, 3.05) is 6.54 Å². The lowest BCUT2D eigenvalue weighted by molar-refractivity contribution is -0.140. The van der Waals surface area contributed by atoms with Gasteiger partial charge in [-0.05, 0) is 38.8 Å². The number of nitrogens with one attached hydrogen (secondary N) is 4. The number of fused-ring (bicyclic) bond motifs is 1. The van der Waals surface area contributed by atoms with E-state index in [1.54, 1.807) is 19.9 Å². The minimum atomic E-state index is -1.09. The third-order valence-electron chi connectivity index (χ3n) is 5.83. The first-order valence-electron chi connectivity index (χ1n) is 11.3. The Morgan fingerprint density at radius 2 is 1.97 bits per heavy atom. The molecule has 178 valence electrons. The highest BCUT2D eigenvalue weighted by Crippen LogP contribution is 2.23. The molecular weight excluding hydrogens is 436 g/mol. The van der Waals surface area contributed by atoms with Crippen molar-refractivity contribution in [3.05, 3.63) is 54.2 Å². The van der Waals surface area contributed by atoms with Crippen LogP contribution in [0, 0.1) is 0 Å². The van der Waals surface area contributed by atoms with Gasteiger partial charge in [-0.2, -0.15) is 0 Å². The number of Topliss-reactive ketones (excluding diaryl/α,β-unsaturated/α-hetero) is 1. The molecule has 0 aliphatic carbocycles. The van der Waals surface area contributed by atoms with Crippen molar-refractivity contribution in [1.29, 1.82) is 0 Å². The molecular formula is C24H28N6O4. The molecule has 0 saturated carbocycles. The van der Waals surface area contributed by atoms with Gasteiger partial charge >= 0.3 is 0 Å². The van der Waals surface area contributed by atoms with Crippen molar-refractivity contribution < 1.29 is 19.2 Å². The molecule has 4 N–H and O–H groups in total. The van der Waals surface area contributed by atoms with E-state index >= 15 is 0 Å². The van der Waals surface area contributed by atoms with E-state index in [0.29, 0.717) is 30.8 Å². The summed E-state index contributed by atoms with van der Waals surface area (Å²) >= 11 is 0. The first kappa shape index (κ1) is 23.2. The Morgan fingerprint density at radius 3 is 2.68 bits per heavy atom. The zero-order chi connectivity index (χ0) is 24.2. The summed E-state index contributed by atoms with van der Waals surface area (Å²) in [5.41, 5.74) is 1.85. The molecule has 4 rings (SSSR count). The van der Waals surface area contributed by atoms with Gasteiger partial charge in [-0.3, -0.25) is 19.2 Å². The van der Waals surface area contributed by atoms with Gasteiger partial charge in [0, 0.05) is 41.8 Å². The Kier molecular flexibility index (Phi) is 6.76. The molecule has 1 saturated heterocycles. The number of para-hydroxylation sites is 1. The van der Waals surface area contributed by atoms with Crippen molar-refractivity contribution in [3.8, 4) is 0 Å². The van der Waals surface area contributed by atoms with Crippen LogP contribution in [0.15, 0.2) is 42.9 Å². The second kappa shape index (κ2) is 9.90. The Labute approximate surface area is 196 Å². The highest BCUT2D eigenvalue weighted by atomic mass is 16.2. The molecule has 1 aliphatic rings. The van der Waals surface area contributed by atoms with Gasteiger partial charge in [-0.1, -0.05) is 18.2 Å². The SMILES string of the molecule is CC(C)NC(=O)C(=O)[C@H](Cc1cnc[nH]1)NC(=O)[C@@H]1CCCN1C(=O)c1cc2ccccc2[nH]1. The van der Waals surface area contributed by atoms with Gasteiger partial charge in [0.2, 0.25) is 11.7 Å². The van der Waals surface area contributed by atoms with E-state index in [1.807, 2.05) is 24.3 Å². The Balaban J connectivity index is 1.50. The minimum Gasteiger partial charge on any atom is -0.351 e. The molecule has 0 radical (unpaired) electrons. The van der Waals surface area contributed by atoms with E-state index in [1.165, 1.54) is 17.4 Å². The average Bonchev–Trinajstić information content (AvgIpc) is 3.57. The predicted octanol–water partition coefficient (Wildman–Crippen LogP) is 1.32. The van der Waals surface area contributed by atoms with Gasteiger partial charge in [0.05, 0.1) is 6.33 Å². The van der Waals surface area contributed by atoms with E-state index in [9.17, 15) is 19.2 Å². The maximum absolute atomic E-state index is 13.2. The first-order chi connectivity index (χ1) is 16.3. The van der Waals surface area contributed by atoms with Crippen LogP contribution in [0.1, 0.15) is 42.9 Å². The summed E-state index contributed by atoms with van der Waals surface area (Å²) in [5.74, 6) is -2.25. The number of nitrogens with zero attached hydrogens (tertiary/aromatic N) is 2. The number of likely N-dealkylation sites (tertiary alicyclic amines) is 1. The fraction of sp³-hybridized carbons (Fsp3) is 0.375. The number of ketones is 1. The minimum absolute atomic E-state index is 0.0821. The average molecular weight is 465 g/mol. The zero-order valence-electron chi connectivity index (χ0n) is 19.1. The topological polar surface area (TPSA) is 140 Å². The normalized spacial score (nSPS) is 16.6. The zero-order valence-corrected chi connectivity index (χ0v) is 19.1. The van der Waals surface area contributed by atoms with E-state index in [0.717, 1.165) is 10.9 Å². The van der Waals surface area contributed by atoms with Crippen LogP contribution in [0.3, 0.4) is 0 Å². The molecule has 3 amide bonds. The molecule has 10 nitrogen and oxygen atoms in total. The molecule has 34 heavy (non-hydrogen) atoms. The van der Waals surface area contributed by atoms with Crippen molar-refractivity contribution >= 4 is 34.4 Å². The van der Waals surface area contributed by atoms with Crippen molar-refractivity contribution in [1.82, 2.24) is 30.5 Å². The van der Waals surface area contributed by atoms with E-state index in [2.05, 4.69) is 25.6 Å². The van der Waals surface area contributed by atoms with Gasteiger partial charge in [-0.15, -0.1) is 0 Å². The summed E-state index contributed by atoms with van der Waals surface area (Å²) in [7, 11) is 0. The Bertz CT molecular complexity index is 1170. The molecule has 1 aromatic carbocycles. The summed E-state index contributed by atoms with van der Waals surface area (Å²) in [4.78, 5) is 63.1. The second-order valence-electron chi connectivity index (χ2n) is 8.76. The van der Waals surface area contributed by atoms with Gasteiger partial charge in [0.25, 0.3) is 11.8 Å². The maximum atomic E-state index is 13.2. The van der Waals surface area contributed by atoms with Gasteiger partial charge in [0.15, 0.2) is 0 Å². The molecule has 2 aromatic heterocycles. The molecule has 0 bridgehead atoms. The number of carbonyl (C=O) groups is 4. The first-order valence-corrected chi connectivity index (χ1v) is 11.3. The van der Waals surface area contributed by atoms with Gasteiger partial charge in [-0.25, -0.2) is 4.98 Å². The predicted molar refractivity (Wildman–Crippen MR) is 125 cm³/mol. The van der Waals surface area contributed by atoms with Crippen LogP contribution in [0.2, 0.25) is 0 Å².